The molecular weight excluding hydrogens is 333 g/mol. The summed E-state index contributed by atoms with van der Waals surface area (Å²) in [6.45, 7) is 3.26. The molecule has 0 unspecified atom stereocenters. The first-order valence-corrected chi connectivity index (χ1v) is 8.16. The van der Waals surface area contributed by atoms with Gasteiger partial charge in [0.25, 0.3) is 5.56 Å². The largest absolute Gasteiger partial charge is 0.419 e. The second-order valence-corrected chi connectivity index (χ2v) is 6.30. The normalized spacial score (nSPS) is 16.2. The van der Waals surface area contributed by atoms with Crippen LogP contribution in [0, 0.1) is 12.8 Å². The average Bonchev–Trinajstić information content (AvgIpc) is 2.58. The van der Waals surface area contributed by atoms with Gasteiger partial charge in [0.15, 0.2) is 0 Å². The van der Waals surface area contributed by atoms with Crippen LogP contribution < -0.4 is 10.5 Å². The number of hydrogen-bond donors (Lipinski definition) is 0. The fraction of sp³-hybridized carbons (Fsp3) is 0.471. The van der Waals surface area contributed by atoms with Crippen molar-refractivity contribution in [2.45, 2.75) is 32.5 Å². The molecule has 0 N–H and O–H groups in total. The zero-order valence-corrected chi connectivity index (χ0v) is 13.8. The maximum absolute atomic E-state index is 13.1. The highest BCUT2D eigenvalue weighted by Crippen LogP contribution is 2.36. The van der Waals surface area contributed by atoms with E-state index in [0.717, 1.165) is 11.8 Å². The molecule has 0 amide bonds. The molecule has 1 aliphatic rings. The average molecular weight is 352 g/mol. The number of hydrogen-bond acceptors (Lipinski definition) is 4. The number of rotatable bonds is 3. The van der Waals surface area contributed by atoms with E-state index in [4.69, 9.17) is 0 Å². The van der Waals surface area contributed by atoms with Gasteiger partial charge >= 0.3 is 6.18 Å². The molecular formula is C17H19F3N4O. The summed E-state index contributed by atoms with van der Waals surface area (Å²) in [6, 6.07) is 5.52. The molecule has 0 aromatic carbocycles. The summed E-state index contributed by atoms with van der Waals surface area (Å²) in [6.07, 6.45) is -1.65. The Labute approximate surface area is 143 Å². The lowest BCUT2D eigenvalue weighted by molar-refractivity contribution is -0.137. The molecule has 1 saturated heterocycles. The van der Waals surface area contributed by atoms with Crippen molar-refractivity contribution in [3.05, 3.63) is 52.1 Å². The van der Waals surface area contributed by atoms with Gasteiger partial charge in [0, 0.05) is 31.9 Å². The summed E-state index contributed by atoms with van der Waals surface area (Å²) in [5.41, 5.74) is -0.0949. The van der Waals surface area contributed by atoms with Gasteiger partial charge in [-0.3, -0.25) is 4.79 Å². The number of nitrogens with zero attached hydrogens (tertiary/aromatic N) is 4. The van der Waals surface area contributed by atoms with Gasteiger partial charge in [-0.1, -0.05) is 0 Å². The Hall–Kier alpha value is -2.38. The van der Waals surface area contributed by atoms with Crippen LogP contribution in [0.5, 0.6) is 0 Å². The van der Waals surface area contributed by atoms with Crippen molar-refractivity contribution >= 4 is 5.82 Å². The number of aryl methyl sites for hydroxylation is 1. The van der Waals surface area contributed by atoms with Crippen molar-refractivity contribution in [2.75, 3.05) is 18.0 Å². The van der Waals surface area contributed by atoms with Gasteiger partial charge in [-0.2, -0.15) is 18.3 Å². The predicted molar refractivity (Wildman–Crippen MR) is 87.4 cm³/mol. The lowest BCUT2D eigenvalue weighted by Gasteiger charge is -2.34. The lowest BCUT2D eigenvalue weighted by atomic mass is 9.96. The summed E-state index contributed by atoms with van der Waals surface area (Å²) in [5, 5.41) is 4.22. The molecule has 3 rings (SSSR count). The fourth-order valence-electron chi connectivity index (χ4n) is 3.12. The van der Waals surface area contributed by atoms with Gasteiger partial charge in [-0.05, 0) is 43.9 Å². The van der Waals surface area contributed by atoms with E-state index in [2.05, 4.69) is 10.1 Å². The third-order valence-electron chi connectivity index (χ3n) is 4.44. The van der Waals surface area contributed by atoms with Crippen LogP contribution in [-0.4, -0.2) is 27.9 Å². The number of aromatic nitrogens is 3. The van der Waals surface area contributed by atoms with Crippen LogP contribution in [-0.2, 0) is 12.7 Å². The van der Waals surface area contributed by atoms with Gasteiger partial charge in [-0.15, -0.1) is 0 Å². The molecule has 134 valence electrons. The minimum Gasteiger partial charge on any atom is -0.356 e. The Balaban J connectivity index is 1.69. The van der Waals surface area contributed by atoms with Gasteiger partial charge in [0.2, 0.25) is 0 Å². The molecule has 3 heterocycles. The first kappa shape index (κ1) is 17.4. The summed E-state index contributed by atoms with van der Waals surface area (Å²) in [7, 11) is 0. The van der Waals surface area contributed by atoms with E-state index in [-0.39, 0.29) is 17.3 Å². The molecule has 0 radical (unpaired) electrons. The molecule has 0 aliphatic carbocycles. The summed E-state index contributed by atoms with van der Waals surface area (Å²) >= 11 is 0. The SMILES string of the molecule is Cc1ccc(=O)n(CC2CCN(c3ncccc3C(F)(F)F)CC2)n1. The molecule has 1 aliphatic heterocycles. The van der Waals surface area contributed by atoms with Crippen LogP contribution in [0.15, 0.2) is 35.3 Å². The molecule has 2 aromatic heterocycles. The van der Waals surface area contributed by atoms with Crippen LogP contribution in [0.2, 0.25) is 0 Å². The molecule has 0 saturated carbocycles. The van der Waals surface area contributed by atoms with Crippen LogP contribution in [0.3, 0.4) is 0 Å². The van der Waals surface area contributed by atoms with Crippen molar-refractivity contribution in [1.29, 1.82) is 0 Å². The highest BCUT2D eigenvalue weighted by Gasteiger charge is 2.36. The van der Waals surface area contributed by atoms with Crippen LogP contribution in [0.4, 0.5) is 19.0 Å². The van der Waals surface area contributed by atoms with E-state index in [1.807, 2.05) is 6.92 Å². The maximum atomic E-state index is 13.1. The van der Waals surface area contributed by atoms with Gasteiger partial charge in [-0.25, -0.2) is 9.67 Å². The molecule has 0 spiro atoms. The molecule has 8 heteroatoms. The quantitative estimate of drug-likeness (QED) is 0.852. The van der Waals surface area contributed by atoms with Crippen molar-refractivity contribution in [3.8, 4) is 0 Å². The first-order valence-electron chi connectivity index (χ1n) is 8.16. The van der Waals surface area contributed by atoms with Crippen molar-refractivity contribution in [3.63, 3.8) is 0 Å². The molecule has 0 bridgehead atoms. The number of pyridine rings is 1. The van der Waals surface area contributed by atoms with E-state index in [1.54, 1.807) is 11.0 Å². The van der Waals surface area contributed by atoms with Gasteiger partial charge < -0.3 is 4.90 Å². The van der Waals surface area contributed by atoms with Gasteiger partial charge in [0.05, 0.1) is 11.3 Å². The third kappa shape index (κ3) is 4.00. The smallest absolute Gasteiger partial charge is 0.356 e. The Morgan fingerprint density at radius 2 is 1.92 bits per heavy atom. The maximum Gasteiger partial charge on any atom is 0.419 e. The second kappa shape index (κ2) is 6.85. The Morgan fingerprint density at radius 1 is 1.20 bits per heavy atom. The van der Waals surface area contributed by atoms with Crippen LogP contribution in [0.1, 0.15) is 24.1 Å². The molecule has 2 aromatic rings. The summed E-state index contributed by atoms with van der Waals surface area (Å²) in [4.78, 5) is 17.5. The first-order chi connectivity index (χ1) is 11.8. The zero-order valence-electron chi connectivity index (χ0n) is 13.8. The van der Waals surface area contributed by atoms with Crippen molar-refractivity contribution in [2.24, 2.45) is 5.92 Å². The molecule has 5 nitrogen and oxygen atoms in total. The lowest BCUT2D eigenvalue weighted by Crippen LogP contribution is -2.38. The second-order valence-electron chi connectivity index (χ2n) is 6.30. The number of alkyl halides is 3. The Morgan fingerprint density at radius 3 is 2.60 bits per heavy atom. The van der Waals surface area contributed by atoms with Crippen LogP contribution in [0.25, 0.3) is 0 Å². The topological polar surface area (TPSA) is 51.0 Å². The minimum atomic E-state index is -4.42. The number of anilines is 1. The number of halogens is 3. The van der Waals surface area contributed by atoms with E-state index in [1.165, 1.54) is 23.0 Å². The van der Waals surface area contributed by atoms with Crippen molar-refractivity contribution in [1.82, 2.24) is 14.8 Å². The minimum absolute atomic E-state index is 0.0145. The standard InChI is InChI=1S/C17H19F3N4O/c1-12-4-5-15(25)24(22-12)11-13-6-9-23(10-7-13)16-14(17(18,19)20)3-2-8-21-16/h2-5,8,13H,6-7,9-11H2,1H3. The van der Waals surface area contributed by atoms with Crippen LogP contribution >= 0.6 is 0 Å². The Kier molecular flexibility index (Phi) is 4.78. The zero-order chi connectivity index (χ0) is 18.0. The number of piperidine rings is 1. The third-order valence-corrected chi connectivity index (χ3v) is 4.44. The van der Waals surface area contributed by atoms with E-state index in [0.29, 0.717) is 32.5 Å². The highest BCUT2D eigenvalue weighted by molar-refractivity contribution is 5.48. The fourth-order valence-corrected chi connectivity index (χ4v) is 3.12. The molecule has 25 heavy (non-hydrogen) atoms. The molecule has 1 fully saturated rings. The highest BCUT2D eigenvalue weighted by atomic mass is 19.4. The summed E-state index contributed by atoms with van der Waals surface area (Å²) in [5.74, 6) is 0.195. The van der Waals surface area contributed by atoms with E-state index >= 15 is 0 Å². The Bertz CT molecular complexity index is 795. The van der Waals surface area contributed by atoms with Gasteiger partial charge in [0.1, 0.15) is 5.82 Å². The van der Waals surface area contributed by atoms with Crippen molar-refractivity contribution < 1.29 is 13.2 Å². The predicted octanol–water partition coefficient (Wildman–Crippen LogP) is 2.88. The van der Waals surface area contributed by atoms with E-state index in [9.17, 15) is 18.0 Å². The van der Waals surface area contributed by atoms with E-state index < -0.39 is 11.7 Å². The monoisotopic (exact) mass is 352 g/mol. The molecule has 0 atom stereocenters. The summed E-state index contributed by atoms with van der Waals surface area (Å²) < 4.78 is 40.9.